The molecule has 3 heteroatoms. The maximum atomic E-state index is 13.2. The molecule has 1 unspecified atom stereocenters. The van der Waals surface area contributed by atoms with Gasteiger partial charge in [-0.3, -0.25) is 0 Å². The highest BCUT2D eigenvalue weighted by Crippen LogP contribution is 2.27. The summed E-state index contributed by atoms with van der Waals surface area (Å²) in [4.78, 5) is 0. The lowest BCUT2D eigenvalue weighted by atomic mass is 10.1. The van der Waals surface area contributed by atoms with Gasteiger partial charge in [0.25, 0.3) is 0 Å². The van der Waals surface area contributed by atoms with Crippen molar-refractivity contribution in [3.8, 4) is 0 Å². The Morgan fingerprint density at radius 2 is 2.17 bits per heavy atom. The van der Waals surface area contributed by atoms with Gasteiger partial charge in [0, 0.05) is 11.1 Å². The lowest BCUT2D eigenvalue weighted by Gasteiger charge is -2.00. The SMILES string of the molecule is NC1Cc2cc(Cl)cc(F)c2C1. The van der Waals surface area contributed by atoms with E-state index in [0.717, 1.165) is 17.5 Å². The Balaban J connectivity index is 2.52. The number of fused-ring (bicyclic) bond motifs is 1. The molecule has 0 aliphatic heterocycles. The van der Waals surface area contributed by atoms with Crippen molar-refractivity contribution in [2.45, 2.75) is 18.9 Å². The molecule has 12 heavy (non-hydrogen) atoms. The van der Waals surface area contributed by atoms with Gasteiger partial charge in [-0.1, -0.05) is 11.6 Å². The van der Waals surface area contributed by atoms with Gasteiger partial charge >= 0.3 is 0 Å². The number of rotatable bonds is 0. The van der Waals surface area contributed by atoms with Crippen molar-refractivity contribution >= 4 is 11.6 Å². The Morgan fingerprint density at radius 3 is 2.92 bits per heavy atom. The third-order valence-electron chi connectivity index (χ3n) is 2.20. The standard InChI is InChI=1S/C9H9ClFN/c10-6-1-5-2-7(12)4-8(5)9(11)3-6/h1,3,7H,2,4,12H2. The second kappa shape index (κ2) is 2.71. The highest BCUT2D eigenvalue weighted by atomic mass is 35.5. The molecule has 0 saturated heterocycles. The first-order chi connectivity index (χ1) is 5.66. The van der Waals surface area contributed by atoms with Crippen LogP contribution in [-0.4, -0.2) is 6.04 Å². The fourth-order valence-electron chi connectivity index (χ4n) is 1.68. The van der Waals surface area contributed by atoms with E-state index in [1.165, 1.54) is 6.07 Å². The second-order valence-corrected chi connectivity index (χ2v) is 3.63. The normalized spacial score (nSPS) is 21.1. The van der Waals surface area contributed by atoms with E-state index >= 15 is 0 Å². The predicted octanol–water partition coefficient (Wildman–Crippen LogP) is 1.91. The van der Waals surface area contributed by atoms with Crippen molar-refractivity contribution in [2.24, 2.45) is 5.73 Å². The molecule has 1 aromatic carbocycles. The number of hydrogen-bond donors (Lipinski definition) is 1. The Labute approximate surface area is 75.3 Å². The van der Waals surface area contributed by atoms with Gasteiger partial charge in [-0.2, -0.15) is 0 Å². The van der Waals surface area contributed by atoms with Crippen LogP contribution in [0.2, 0.25) is 5.02 Å². The Bertz CT molecular complexity index is 325. The van der Waals surface area contributed by atoms with Crippen molar-refractivity contribution in [1.29, 1.82) is 0 Å². The Morgan fingerprint density at radius 1 is 1.42 bits per heavy atom. The molecule has 1 aliphatic carbocycles. The van der Waals surface area contributed by atoms with E-state index < -0.39 is 0 Å². The van der Waals surface area contributed by atoms with Gasteiger partial charge in [0.05, 0.1) is 0 Å². The van der Waals surface area contributed by atoms with E-state index in [1.807, 2.05) is 0 Å². The minimum atomic E-state index is -0.217. The topological polar surface area (TPSA) is 26.0 Å². The summed E-state index contributed by atoms with van der Waals surface area (Å²) < 4.78 is 13.2. The van der Waals surface area contributed by atoms with Gasteiger partial charge < -0.3 is 5.73 Å². The van der Waals surface area contributed by atoms with E-state index in [-0.39, 0.29) is 11.9 Å². The summed E-state index contributed by atoms with van der Waals surface area (Å²) in [6.45, 7) is 0. The van der Waals surface area contributed by atoms with E-state index in [1.54, 1.807) is 6.07 Å². The predicted molar refractivity (Wildman–Crippen MR) is 46.8 cm³/mol. The third-order valence-corrected chi connectivity index (χ3v) is 2.42. The van der Waals surface area contributed by atoms with Crippen molar-refractivity contribution in [2.75, 3.05) is 0 Å². The fraction of sp³-hybridized carbons (Fsp3) is 0.333. The quantitative estimate of drug-likeness (QED) is 0.657. The van der Waals surface area contributed by atoms with Crippen LogP contribution in [0.3, 0.4) is 0 Å². The van der Waals surface area contributed by atoms with Crippen molar-refractivity contribution in [3.05, 3.63) is 34.1 Å². The van der Waals surface area contributed by atoms with Crippen LogP contribution in [0.15, 0.2) is 12.1 Å². The number of benzene rings is 1. The number of hydrogen-bond acceptors (Lipinski definition) is 1. The number of halogens is 2. The zero-order valence-electron chi connectivity index (χ0n) is 6.48. The molecule has 1 atom stereocenters. The van der Waals surface area contributed by atoms with Crippen LogP contribution in [-0.2, 0) is 12.8 Å². The first-order valence-corrected chi connectivity index (χ1v) is 4.27. The third kappa shape index (κ3) is 1.21. The average molecular weight is 186 g/mol. The largest absolute Gasteiger partial charge is 0.327 e. The van der Waals surface area contributed by atoms with Gasteiger partial charge in [-0.15, -0.1) is 0 Å². The first-order valence-electron chi connectivity index (χ1n) is 3.89. The van der Waals surface area contributed by atoms with Crippen LogP contribution in [0.25, 0.3) is 0 Å². The summed E-state index contributed by atoms with van der Waals surface area (Å²) >= 11 is 5.70. The number of nitrogens with two attached hydrogens (primary N) is 1. The minimum absolute atomic E-state index is 0.0629. The van der Waals surface area contributed by atoms with E-state index in [0.29, 0.717) is 11.4 Å². The van der Waals surface area contributed by atoms with Crippen molar-refractivity contribution in [1.82, 2.24) is 0 Å². The molecule has 2 N–H and O–H groups in total. The highest BCUT2D eigenvalue weighted by molar-refractivity contribution is 6.30. The summed E-state index contributed by atoms with van der Waals surface area (Å²) in [5.74, 6) is -0.217. The average Bonchev–Trinajstić information content (AvgIpc) is 2.29. The van der Waals surface area contributed by atoms with E-state index in [9.17, 15) is 4.39 Å². The van der Waals surface area contributed by atoms with Gasteiger partial charge in [0.15, 0.2) is 0 Å². The smallest absolute Gasteiger partial charge is 0.128 e. The van der Waals surface area contributed by atoms with Crippen LogP contribution in [0.5, 0.6) is 0 Å². The molecule has 0 heterocycles. The van der Waals surface area contributed by atoms with Crippen molar-refractivity contribution < 1.29 is 4.39 Å². The zero-order valence-corrected chi connectivity index (χ0v) is 7.24. The first kappa shape index (κ1) is 8.02. The second-order valence-electron chi connectivity index (χ2n) is 3.19. The molecule has 2 rings (SSSR count). The summed E-state index contributed by atoms with van der Waals surface area (Å²) in [7, 11) is 0. The molecule has 0 amide bonds. The summed E-state index contributed by atoms with van der Waals surface area (Å²) in [6.07, 6.45) is 1.38. The molecule has 1 nitrogen and oxygen atoms in total. The molecule has 0 radical (unpaired) electrons. The van der Waals surface area contributed by atoms with Crippen LogP contribution in [0, 0.1) is 5.82 Å². The molecule has 0 fully saturated rings. The lowest BCUT2D eigenvalue weighted by molar-refractivity contribution is 0.607. The molecule has 0 saturated carbocycles. The van der Waals surface area contributed by atoms with E-state index in [2.05, 4.69) is 0 Å². The molecule has 0 aromatic heterocycles. The van der Waals surface area contributed by atoms with Crippen LogP contribution in [0.4, 0.5) is 4.39 Å². The lowest BCUT2D eigenvalue weighted by Crippen LogP contribution is -2.19. The molecule has 64 valence electrons. The Hall–Kier alpha value is -0.600. The molecule has 0 bridgehead atoms. The molecular formula is C9H9ClFN. The molecule has 1 aliphatic rings. The van der Waals surface area contributed by atoms with Gasteiger partial charge in [-0.05, 0) is 36.1 Å². The summed E-state index contributed by atoms with van der Waals surface area (Å²) in [5, 5.41) is 0.459. The molecule has 0 spiro atoms. The fourth-order valence-corrected chi connectivity index (χ4v) is 1.91. The zero-order chi connectivity index (χ0) is 8.72. The van der Waals surface area contributed by atoms with Crippen LogP contribution >= 0.6 is 11.6 Å². The maximum Gasteiger partial charge on any atom is 0.128 e. The Kier molecular flexibility index (Phi) is 1.81. The van der Waals surface area contributed by atoms with Crippen molar-refractivity contribution in [3.63, 3.8) is 0 Å². The highest BCUT2D eigenvalue weighted by Gasteiger charge is 2.21. The van der Waals surface area contributed by atoms with Gasteiger partial charge in [0.2, 0.25) is 0 Å². The summed E-state index contributed by atoms with van der Waals surface area (Å²) in [5.41, 5.74) is 7.40. The minimum Gasteiger partial charge on any atom is -0.327 e. The molecular weight excluding hydrogens is 177 g/mol. The maximum absolute atomic E-state index is 13.2. The van der Waals surface area contributed by atoms with Crippen LogP contribution in [0.1, 0.15) is 11.1 Å². The summed E-state index contributed by atoms with van der Waals surface area (Å²) in [6, 6.07) is 3.21. The van der Waals surface area contributed by atoms with Crippen LogP contribution < -0.4 is 5.73 Å². The molecule has 1 aromatic rings. The van der Waals surface area contributed by atoms with Gasteiger partial charge in [0.1, 0.15) is 5.82 Å². The monoisotopic (exact) mass is 185 g/mol. The van der Waals surface area contributed by atoms with E-state index in [4.69, 9.17) is 17.3 Å². The van der Waals surface area contributed by atoms with Gasteiger partial charge in [-0.25, -0.2) is 4.39 Å².